The predicted molar refractivity (Wildman–Crippen MR) is 61.4 cm³/mol. The van der Waals surface area contributed by atoms with E-state index in [2.05, 4.69) is 9.97 Å². The van der Waals surface area contributed by atoms with Crippen LogP contribution in [0.2, 0.25) is 5.02 Å². The lowest BCUT2D eigenvalue weighted by atomic mass is 10.2. The summed E-state index contributed by atoms with van der Waals surface area (Å²) in [5, 5.41) is 10.8. The molecule has 0 radical (unpaired) electrons. The van der Waals surface area contributed by atoms with Gasteiger partial charge in [0.15, 0.2) is 4.77 Å². The number of hydrogen-bond donors (Lipinski definition) is 2. The Kier molecular flexibility index (Phi) is 2.49. The summed E-state index contributed by atoms with van der Waals surface area (Å²) in [5.74, 6) is 0. The molecule has 0 aliphatic carbocycles. The van der Waals surface area contributed by atoms with Gasteiger partial charge in [0, 0.05) is 6.07 Å². The second-order valence-electron chi connectivity index (χ2n) is 3.01. The third-order valence-electron chi connectivity index (χ3n) is 2.00. The fourth-order valence-corrected chi connectivity index (χ4v) is 1.75. The fourth-order valence-electron chi connectivity index (χ4n) is 1.32. The van der Waals surface area contributed by atoms with Crippen molar-refractivity contribution < 1.29 is 4.92 Å². The number of hydrogen-bond acceptors (Lipinski definition) is 4. The molecule has 0 spiro atoms. The van der Waals surface area contributed by atoms with Gasteiger partial charge in [-0.3, -0.25) is 19.9 Å². The number of halogens is 1. The third kappa shape index (κ3) is 1.70. The van der Waals surface area contributed by atoms with E-state index in [1.165, 1.54) is 12.1 Å². The Morgan fingerprint density at radius 1 is 1.38 bits per heavy atom. The summed E-state index contributed by atoms with van der Waals surface area (Å²) in [6.45, 7) is 0. The van der Waals surface area contributed by atoms with Crippen LogP contribution >= 0.6 is 23.8 Å². The van der Waals surface area contributed by atoms with Gasteiger partial charge in [-0.15, -0.1) is 0 Å². The van der Waals surface area contributed by atoms with E-state index in [-0.39, 0.29) is 26.4 Å². The van der Waals surface area contributed by atoms with E-state index in [0.717, 1.165) is 0 Å². The average molecular weight is 258 g/mol. The fraction of sp³-hybridized carbons (Fsp3) is 0. The molecule has 0 aliphatic rings. The van der Waals surface area contributed by atoms with Gasteiger partial charge in [-0.1, -0.05) is 11.6 Å². The summed E-state index contributed by atoms with van der Waals surface area (Å²) in [4.78, 5) is 26.5. The van der Waals surface area contributed by atoms with Crippen LogP contribution < -0.4 is 5.56 Å². The molecule has 0 saturated heterocycles. The summed E-state index contributed by atoms with van der Waals surface area (Å²) in [5.41, 5.74) is -0.425. The lowest BCUT2D eigenvalue weighted by Crippen LogP contribution is -2.08. The summed E-state index contributed by atoms with van der Waals surface area (Å²) >= 11 is 10.4. The van der Waals surface area contributed by atoms with Gasteiger partial charge in [0.25, 0.3) is 11.2 Å². The van der Waals surface area contributed by atoms with E-state index in [0.29, 0.717) is 0 Å². The van der Waals surface area contributed by atoms with E-state index in [4.69, 9.17) is 23.8 Å². The molecule has 82 valence electrons. The van der Waals surface area contributed by atoms with Crippen molar-refractivity contribution in [3.63, 3.8) is 0 Å². The Morgan fingerprint density at radius 3 is 2.69 bits per heavy atom. The van der Waals surface area contributed by atoms with Gasteiger partial charge in [-0.2, -0.15) is 0 Å². The van der Waals surface area contributed by atoms with Gasteiger partial charge in [-0.05, 0) is 18.3 Å². The van der Waals surface area contributed by atoms with Crippen LogP contribution in [-0.4, -0.2) is 14.9 Å². The normalized spacial score (nSPS) is 10.6. The zero-order valence-electron chi connectivity index (χ0n) is 7.61. The number of nitro groups is 1. The molecule has 0 unspecified atom stereocenters. The molecule has 1 aromatic heterocycles. The van der Waals surface area contributed by atoms with E-state index >= 15 is 0 Å². The molecule has 8 heteroatoms. The molecular weight excluding hydrogens is 254 g/mol. The quantitative estimate of drug-likeness (QED) is 0.465. The largest absolute Gasteiger partial charge is 0.332 e. The molecule has 16 heavy (non-hydrogen) atoms. The molecule has 0 amide bonds. The number of nitro benzene ring substituents is 1. The van der Waals surface area contributed by atoms with Gasteiger partial charge >= 0.3 is 0 Å². The number of rotatable bonds is 1. The van der Waals surface area contributed by atoms with Gasteiger partial charge in [0.2, 0.25) is 0 Å². The number of benzene rings is 1. The van der Waals surface area contributed by atoms with E-state index in [1.54, 1.807) is 0 Å². The maximum atomic E-state index is 11.5. The number of aromatic amines is 2. The molecule has 1 heterocycles. The van der Waals surface area contributed by atoms with Crippen LogP contribution in [0.5, 0.6) is 0 Å². The van der Waals surface area contributed by atoms with E-state index in [1.807, 2.05) is 0 Å². The van der Waals surface area contributed by atoms with Crippen LogP contribution in [0.25, 0.3) is 10.9 Å². The highest BCUT2D eigenvalue weighted by atomic mass is 35.5. The number of fused-ring (bicyclic) bond motifs is 1. The first-order valence-electron chi connectivity index (χ1n) is 4.09. The van der Waals surface area contributed by atoms with Crippen LogP contribution in [0.1, 0.15) is 0 Å². The molecule has 2 N–H and O–H groups in total. The maximum absolute atomic E-state index is 11.5. The Labute approximate surface area is 98.0 Å². The van der Waals surface area contributed by atoms with E-state index in [9.17, 15) is 14.9 Å². The summed E-state index contributed by atoms with van der Waals surface area (Å²) in [6.07, 6.45) is 0. The number of H-pyrrole nitrogens is 2. The monoisotopic (exact) mass is 257 g/mol. The second-order valence-corrected chi connectivity index (χ2v) is 3.83. The van der Waals surface area contributed by atoms with Crippen molar-refractivity contribution in [2.75, 3.05) is 0 Å². The van der Waals surface area contributed by atoms with Crippen molar-refractivity contribution in [2.24, 2.45) is 0 Å². The molecule has 0 aliphatic heterocycles. The smallest absolute Gasteiger partial charge is 0.290 e. The molecule has 0 fully saturated rings. The van der Waals surface area contributed by atoms with Crippen LogP contribution in [0.15, 0.2) is 16.9 Å². The number of aromatic nitrogens is 2. The molecule has 2 rings (SSSR count). The molecule has 0 bridgehead atoms. The lowest BCUT2D eigenvalue weighted by molar-refractivity contribution is -0.384. The Hall–Kier alpha value is -1.73. The molecule has 0 saturated carbocycles. The van der Waals surface area contributed by atoms with Crippen molar-refractivity contribution in [3.05, 3.63) is 42.4 Å². The highest BCUT2D eigenvalue weighted by molar-refractivity contribution is 7.71. The standard InChI is InChI=1S/C8H4ClN3O3S/c9-4-1-3-5(2-6(4)12(14)15)10-8(16)11-7(3)13/h1-2H,(H2,10,11,13,16). The van der Waals surface area contributed by atoms with Crippen molar-refractivity contribution in [1.29, 1.82) is 0 Å². The second kappa shape index (κ2) is 3.69. The van der Waals surface area contributed by atoms with Gasteiger partial charge in [0.05, 0.1) is 15.8 Å². The average Bonchev–Trinajstić information content (AvgIpc) is 2.18. The topological polar surface area (TPSA) is 91.8 Å². The van der Waals surface area contributed by atoms with Gasteiger partial charge < -0.3 is 4.98 Å². The van der Waals surface area contributed by atoms with Crippen LogP contribution in [-0.2, 0) is 0 Å². The van der Waals surface area contributed by atoms with Gasteiger partial charge in [0.1, 0.15) is 5.02 Å². The van der Waals surface area contributed by atoms with Gasteiger partial charge in [-0.25, -0.2) is 0 Å². The Morgan fingerprint density at radius 2 is 2.06 bits per heavy atom. The highest BCUT2D eigenvalue weighted by Gasteiger charge is 2.14. The Bertz CT molecular complexity index is 706. The third-order valence-corrected chi connectivity index (χ3v) is 2.51. The van der Waals surface area contributed by atoms with Crippen LogP contribution in [0, 0.1) is 14.9 Å². The number of nitrogens with one attached hydrogen (secondary N) is 2. The van der Waals surface area contributed by atoms with Crippen LogP contribution in [0.4, 0.5) is 5.69 Å². The minimum absolute atomic E-state index is 0.0893. The van der Waals surface area contributed by atoms with Crippen molar-refractivity contribution in [1.82, 2.24) is 9.97 Å². The number of nitrogens with zero attached hydrogens (tertiary/aromatic N) is 1. The first-order valence-corrected chi connectivity index (χ1v) is 4.88. The zero-order valence-corrected chi connectivity index (χ0v) is 9.19. The molecule has 6 nitrogen and oxygen atoms in total. The van der Waals surface area contributed by atoms with Crippen molar-refractivity contribution in [2.45, 2.75) is 0 Å². The minimum atomic E-state index is -0.625. The minimum Gasteiger partial charge on any atom is -0.332 e. The van der Waals surface area contributed by atoms with E-state index < -0.39 is 10.5 Å². The summed E-state index contributed by atoms with van der Waals surface area (Å²) < 4.78 is 0.106. The maximum Gasteiger partial charge on any atom is 0.290 e. The molecule has 2 aromatic rings. The van der Waals surface area contributed by atoms with Crippen LogP contribution in [0.3, 0.4) is 0 Å². The lowest BCUT2D eigenvalue weighted by Gasteiger charge is -1.99. The predicted octanol–water partition coefficient (Wildman–Crippen LogP) is 2.15. The molecular formula is C8H4ClN3O3S. The molecule has 1 aromatic carbocycles. The van der Waals surface area contributed by atoms with Crippen molar-refractivity contribution in [3.8, 4) is 0 Å². The zero-order chi connectivity index (χ0) is 11.9. The first kappa shape index (κ1) is 10.8. The summed E-state index contributed by atoms with van der Waals surface area (Å²) in [6, 6.07) is 2.42. The van der Waals surface area contributed by atoms with Crippen molar-refractivity contribution >= 4 is 40.4 Å². The molecule has 0 atom stereocenters. The SMILES string of the molecule is O=c1[nH]c(=S)[nH]c2cc([N+](=O)[O-])c(Cl)cc12. The highest BCUT2D eigenvalue weighted by Crippen LogP contribution is 2.27. The first-order chi connectivity index (χ1) is 7.49. The Balaban J connectivity index is 2.95. The summed E-state index contributed by atoms with van der Waals surface area (Å²) in [7, 11) is 0.